The molecular formula is C18H15F4N3O. The monoisotopic (exact) mass is 365 g/mol. The summed E-state index contributed by atoms with van der Waals surface area (Å²) in [5.41, 5.74) is -0.830. The summed E-state index contributed by atoms with van der Waals surface area (Å²) in [6, 6.07) is 7.89. The van der Waals surface area contributed by atoms with E-state index in [1.165, 1.54) is 37.4 Å². The quantitative estimate of drug-likeness (QED) is 0.826. The Labute approximate surface area is 146 Å². The highest BCUT2D eigenvalue weighted by atomic mass is 19.4. The summed E-state index contributed by atoms with van der Waals surface area (Å²) in [5.74, 6) is -0.702. The number of nitrogens with zero attached hydrogens (tertiary/aromatic N) is 2. The van der Waals surface area contributed by atoms with Crippen LogP contribution in [0.1, 0.15) is 12.1 Å². The third-order valence-corrected chi connectivity index (χ3v) is 3.92. The van der Waals surface area contributed by atoms with E-state index in [9.17, 15) is 22.4 Å². The SMILES string of the molecule is Cn1nc(C(F)(F)F)c(-c2ccccc2)c1NC(=O)C1=CCC(F)C=C1. The predicted molar refractivity (Wildman–Crippen MR) is 89.0 cm³/mol. The van der Waals surface area contributed by atoms with Crippen LogP contribution in [0.4, 0.5) is 23.4 Å². The molecule has 8 heteroatoms. The van der Waals surface area contributed by atoms with Crippen molar-refractivity contribution in [2.24, 2.45) is 7.05 Å². The van der Waals surface area contributed by atoms with E-state index in [1.807, 2.05) is 0 Å². The Hall–Kier alpha value is -2.90. The highest BCUT2D eigenvalue weighted by molar-refractivity contribution is 6.07. The summed E-state index contributed by atoms with van der Waals surface area (Å²) in [7, 11) is 1.32. The van der Waals surface area contributed by atoms with Crippen LogP contribution in [-0.4, -0.2) is 21.9 Å². The lowest BCUT2D eigenvalue weighted by Crippen LogP contribution is -2.18. The first-order valence-electron chi connectivity index (χ1n) is 7.80. The van der Waals surface area contributed by atoms with Crippen LogP contribution in [0.25, 0.3) is 11.1 Å². The standard InChI is InChI=1S/C18H15F4N3O/c1-25-16(23-17(26)12-7-9-13(19)10-8-12)14(11-5-3-2-4-6-11)15(24-25)18(20,21)22/h2-9,13H,10H2,1H3,(H,23,26). The van der Waals surface area contributed by atoms with E-state index >= 15 is 0 Å². The number of hydrogen-bond acceptors (Lipinski definition) is 2. The Kier molecular flexibility index (Phi) is 4.67. The normalized spacial score (nSPS) is 17.1. The van der Waals surface area contributed by atoms with Crippen molar-refractivity contribution in [2.45, 2.75) is 18.8 Å². The smallest absolute Gasteiger partial charge is 0.306 e. The Bertz CT molecular complexity index is 882. The average molecular weight is 365 g/mol. The average Bonchev–Trinajstić information content (AvgIpc) is 2.93. The number of rotatable bonds is 3. The van der Waals surface area contributed by atoms with E-state index in [4.69, 9.17) is 0 Å². The first-order valence-corrected chi connectivity index (χ1v) is 7.80. The highest BCUT2D eigenvalue weighted by Gasteiger charge is 2.39. The molecule has 1 heterocycles. The van der Waals surface area contributed by atoms with Gasteiger partial charge >= 0.3 is 6.18 Å². The van der Waals surface area contributed by atoms with Crippen molar-refractivity contribution in [1.29, 1.82) is 0 Å². The lowest BCUT2D eigenvalue weighted by molar-refractivity contribution is -0.141. The molecular weight excluding hydrogens is 350 g/mol. The van der Waals surface area contributed by atoms with Gasteiger partial charge in [-0.3, -0.25) is 9.48 Å². The highest BCUT2D eigenvalue weighted by Crippen LogP contribution is 2.40. The number of amides is 1. The molecule has 0 saturated heterocycles. The van der Waals surface area contributed by atoms with Gasteiger partial charge in [-0.25, -0.2) is 4.39 Å². The van der Waals surface area contributed by atoms with Crippen molar-refractivity contribution in [3.8, 4) is 11.1 Å². The second kappa shape index (κ2) is 6.78. The van der Waals surface area contributed by atoms with Gasteiger partial charge in [0.2, 0.25) is 0 Å². The summed E-state index contributed by atoms with van der Waals surface area (Å²) >= 11 is 0. The molecule has 26 heavy (non-hydrogen) atoms. The number of alkyl halides is 4. The van der Waals surface area contributed by atoms with Gasteiger partial charge in [-0.1, -0.05) is 42.5 Å². The first kappa shape index (κ1) is 17.9. The van der Waals surface area contributed by atoms with Crippen molar-refractivity contribution >= 4 is 11.7 Å². The van der Waals surface area contributed by atoms with Crippen molar-refractivity contribution in [2.75, 3.05) is 5.32 Å². The van der Waals surface area contributed by atoms with Crippen molar-refractivity contribution in [3.63, 3.8) is 0 Å². The fourth-order valence-electron chi connectivity index (χ4n) is 2.69. The molecule has 1 aliphatic carbocycles. The van der Waals surface area contributed by atoms with Gasteiger partial charge in [0.15, 0.2) is 5.69 Å². The third kappa shape index (κ3) is 3.54. The Morgan fingerprint density at radius 3 is 2.54 bits per heavy atom. The summed E-state index contributed by atoms with van der Waals surface area (Å²) in [5, 5.41) is 6.02. The molecule has 0 fully saturated rings. The number of halogens is 4. The minimum Gasteiger partial charge on any atom is -0.306 e. The van der Waals surface area contributed by atoms with Crippen LogP contribution in [-0.2, 0) is 18.0 Å². The molecule has 1 aliphatic rings. The van der Waals surface area contributed by atoms with E-state index in [0.29, 0.717) is 0 Å². The zero-order chi connectivity index (χ0) is 18.9. The molecule has 2 aromatic rings. The molecule has 0 aliphatic heterocycles. The maximum absolute atomic E-state index is 13.4. The summed E-state index contributed by atoms with van der Waals surface area (Å²) in [6.45, 7) is 0. The first-order chi connectivity index (χ1) is 12.3. The second-order valence-corrected chi connectivity index (χ2v) is 5.78. The van der Waals surface area contributed by atoms with E-state index in [-0.39, 0.29) is 28.9 Å². The van der Waals surface area contributed by atoms with E-state index < -0.39 is 23.9 Å². The van der Waals surface area contributed by atoms with Crippen LogP contribution in [0, 0.1) is 0 Å². The fraction of sp³-hybridized carbons (Fsp3) is 0.222. The Morgan fingerprint density at radius 1 is 1.27 bits per heavy atom. The van der Waals surface area contributed by atoms with E-state index in [2.05, 4.69) is 10.4 Å². The number of aryl methyl sites for hydroxylation is 1. The zero-order valence-corrected chi connectivity index (χ0v) is 13.7. The molecule has 1 unspecified atom stereocenters. The summed E-state index contributed by atoms with van der Waals surface area (Å²) in [4.78, 5) is 12.4. The second-order valence-electron chi connectivity index (χ2n) is 5.78. The molecule has 1 aromatic carbocycles. The molecule has 0 bridgehead atoms. The fourth-order valence-corrected chi connectivity index (χ4v) is 2.69. The van der Waals surface area contributed by atoms with Crippen molar-refractivity contribution < 1.29 is 22.4 Å². The largest absolute Gasteiger partial charge is 0.435 e. The maximum Gasteiger partial charge on any atom is 0.435 e. The van der Waals surface area contributed by atoms with Gasteiger partial charge in [0.05, 0.1) is 5.56 Å². The zero-order valence-electron chi connectivity index (χ0n) is 13.7. The summed E-state index contributed by atoms with van der Waals surface area (Å²) < 4.78 is 54.3. The molecule has 1 N–H and O–H groups in total. The summed E-state index contributed by atoms with van der Waals surface area (Å²) in [6.07, 6.45) is -1.85. The molecule has 1 atom stereocenters. The van der Waals surface area contributed by atoms with Gasteiger partial charge in [0, 0.05) is 19.0 Å². The minimum atomic E-state index is -4.68. The molecule has 3 rings (SSSR count). The number of anilines is 1. The lowest BCUT2D eigenvalue weighted by atomic mass is 10.0. The van der Waals surface area contributed by atoms with Crippen molar-refractivity contribution in [3.05, 3.63) is 59.8 Å². The number of aromatic nitrogens is 2. The number of nitrogens with one attached hydrogen (secondary N) is 1. The van der Waals surface area contributed by atoms with Crippen LogP contribution in [0.5, 0.6) is 0 Å². The number of hydrogen-bond donors (Lipinski definition) is 1. The van der Waals surface area contributed by atoms with E-state index in [0.717, 1.165) is 4.68 Å². The number of allylic oxidation sites excluding steroid dienone is 2. The van der Waals surface area contributed by atoms with Crippen LogP contribution in [0.15, 0.2) is 54.1 Å². The molecule has 0 saturated carbocycles. The number of carbonyl (C=O) groups excluding carboxylic acids is 1. The third-order valence-electron chi connectivity index (χ3n) is 3.92. The van der Waals surface area contributed by atoms with Gasteiger partial charge in [-0.15, -0.1) is 0 Å². The predicted octanol–water partition coefficient (Wildman–Crippen LogP) is 4.27. The van der Waals surface area contributed by atoms with Crippen LogP contribution >= 0.6 is 0 Å². The molecule has 136 valence electrons. The van der Waals surface area contributed by atoms with Crippen LogP contribution in [0.2, 0.25) is 0 Å². The molecule has 0 radical (unpaired) electrons. The number of benzene rings is 1. The van der Waals surface area contributed by atoms with Gasteiger partial charge in [-0.05, 0) is 11.6 Å². The topological polar surface area (TPSA) is 46.9 Å². The molecule has 1 aromatic heterocycles. The number of carbonyl (C=O) groups is 1. The Balaban J connectivity index is 2.03. The van der Waals surface area contributed by atoms with Gasteiger partial charge in [0.25, 0.3) is 5.91 Å². The van der Waals surface area contributed by atoms with Crippen LogP contribution < -0.4 is 5.32 Å². The Morgan fingerprint density at radius 2 is 1.96 bits per heavy atom. The molecule has 1 amide bonds. The van der Waals surface area contributed by atoms with Crippen molar-refractivity contribution in [1.82, 2.24) is 9.78 Å². The maximum atomic E-state index is 13.4. The molecule has 0 spiro atoms. The minimum absolute atomic E-state index is 0.0456. The van der Waals surface area contributed by atoms with Crippen LogP contribution in [0.3, 0.4) is 0 Å². The van der Waals surface area contributed by atoms with Gasteiger partial charge in [0.1, 0.15) is 12.0 Å². The molecule has 4 nitrogen and oxygen atoms in total. The lowest BCUT2D eigenvalue weighted by Gasteiger charge is -2.13. The van der Waals surface area contributed by atoms with Gasteiger partial charge in [-0.2, -0.15) is 18.3 Å². The van der Waals surface area contributed by atoms with Gasteiger partial charge < -0.3 is 5.32 Å². The van der Waals surface area contributed by atoms with E-state index in [1.54, 1.807) is 18.2 Å².